The molecule has 0 unspecified atom stereocenters. The smallest absolute Gasteiger partial charge is 0.234 e. The molecule has 0 spiro atoms. The topological polar surface area (TPSA) is 72.2 Å². The van der Waals surface area contributed by atoms with Crippen LogP contribution in [0, 0.1) is 5.82 Å². The van der Waals surface area contributed by atoms with E-state index in [4.69, 9.17) is 0 Å². The number of carbonyl (C=O) groups is 1. The van der Waals surface area contributed by atoms with Crippen molar-refractivity contribution in [3.63, 3.8) is 0 Å². The van der Waals surface area contributed by atoms with Gasteiger partial charge in [0.1, 0.15) is 17.2 Å². The van der Waals surface area contributed by atoms with E-state index in [0.717, 1.165) is 9.97 Å². The predicted octanol–water partition coefficient (Wildman–Crippen LogP) is 1.62. The Labute approximate surface area is 130 Å². The normalized spacial score (nSPS) is 11.0. The molecule has 2 heterocycles. The Bertz CT molecular complexity index is 756. The van der Waals surface area contributed by atoms with Gasteiger partial charge in [0.25, 0.3) is 0 Å². The molecule has 0 saturated carbocycles. The van der Waals surface area contributed by atoms with Gasteiger partial charge in [0.05, 0.1) is 0 Å². The van der Waals surface area contributed by atoms with Gasteiger partial charge in [0.2, 0.25) is 10.9 Å². The summed E-state index contributed by atoms with van der Waals surface area (Å²) in [6.07, 6.45) is 2.85. The molecule has 0 saturated heterocycles. The van der Waals surface area contributed by atoms with Gasteiger partial charge in [-0.05, 0) is 18.1 Å². The standard InChI is InChI=1S/C14H14FN5OS/c15-11-4-2-1-3-10(11)5-6-12(21)16-8-7-13-19-20-9-17-18-14(20)22-13/h1-4,9H,5-8H2,(H,16,21). The minimum Gasteiger partial charge on any atom is -0.356 e. The van der Waals surface area contributed by atoms with Crippen LogP contribution >= 0.6 is 11.3 Å². The molecule has 3 rings (SSSR count). The van der Waals surface area contributed by atoms with Gasteiger partial charge in [0, 0.05) is 19.4 Å². The van der Waals surface area contributed by atoms with Gasteiger partial charge in [-0.2, -0.15) is 9.61 Å². The quantitative estimate of drug-likeness (QED) is 0.749. The van der Waals surface area contributed by atoms with Gasteiger partial charge in [-0.15, -0.1) is 10.2 Å². The molecule has 1 aromatic carbocycles. The van der Waals surface area contributed by atoms with E-state index in [1.807, 2.05) is 0 Å². The molecular weight excluding hydrogens is 305 g/mol. The van der Waals surface area contributed by atoms with Gasteiger partial charge in [0.15, 0.2) is 0 Å². The van der Waals surface area contributed by atoms with E-state index in [2.05, 4.69) is 20.6 Å². The fourth-order valence-electron chi connectivity index (χ4n) is 2.05. The third-order valence-electron chi connectivity index (χ3n) is 3.17. The van der Waals surface area contributed by atoms with E-state index in [1.165, 1.54) is 17.4 Å². The van der Waals surface area contributed by atoms with E-state index in [1.54, 1.807) is 29.0 Å². The summed E-state index contributed by atoms with van der Waals surface area (Å²) in [5.74, 6) is -0.360. The molecule has 1 N–H and O–H groups in total. The van der Waals surface area contributed by atoms with Crippen molar-refractivity contribution in [1.29, 1.82) is 0 Å². The number of halogens is 1. The number of rotatable bonds is 6. The summed E-state index contributed by atoms with van der Waals surface area (Å²) < 4.78 is 15.0. The van der Waals surface area contributed by atoms with Gasteiger partial charge < -0.3 is 5.32 Å². The second-order valence-corrected chi connectivity index (χ2v) is 5.79. The lowest BCUT2D eigenvalue weighted by molar-refractivity contribution is -0.121. The van der Waals surface area contributed by atoms with Crippen LogP contribution in [0.2, 0.25) is 0 Å². The molecule has 0 fully saturated rings. The van der Waals surface area contributed by atoms with Crippen LogP contribution in [-0.4, -0.2) is 32.3 Å². The molecule has 6 nitrogen and oxygen atoms in total. The predicted molar refractivity (Wildman–Crippen MR) is 80.1 cm³/mol. The molecule has 0 aliphatic heterocycles. The summed E-state index contributed by atoms with van der Waals surface area (Å²) >= 11 is 1.45. The zero-order valence-corrected chi connectivity index (χ0v) is 12.5. The molecule has 0 aliphatic carbocycles. The second-order valence-electron chi connectivity index (χ2n) is 4.75. The Balaban J connectivity index is 1.42. The van der Waals surface area contributed by atoms with Crippen molar-refractivity contribution in [2.45, 2.75) is 19.3 Å². The van der Waals surface area contributed by atoms with Gasteiger partial charge >= 0.3 is 0 Å². The van der Waals surface area contributed by atoms with Crippen LogP contribution < -0.4 is 5.32 Å². The maximum Gasteiger partial charge on any atom is 0.234 e. The minimum absolute atomic E-state index is 0.0914. The van der Waals surface area contributed by atoms with Gasteiger partial charge in [-0.1, -0.05) is 29.5 Å². The monoisotopic (exact) mass is 319 g/mol. The highest BCUT2D eigenvalue weighted by Crippen LogP contribution is 2.11. The first-order chi connectivity index (χ1) is 10.7. The number of fused-ring (bicyclic) bond motifs is 1. The molecule has 0 atom stereocenters. The lowest BCUT2D eigenvalue weighted by Gasteiger charge is -2.04. The van der Waals surface area contributed by atoms with Crippen LogP contribution in [0.5, 0.6) is 0 Å². The van der Waals surface area contributed by atoms with Crippen molar-refractivity contribution >= 4 is 22.2 Å². The van der Waals surface area contributed by atoms with E-state index >= 15 is 0 Å². The number of amides is 1. The van der Waals surface area contributed by atoms with Crippen LogP contribution in [0.1, 0.15) is 17.0 Å². The lowest BCUT2D eigenvalue weighted by atomic mass is 10.1. The molecule has 3 aromatic rings. The zero-order valence-electron chi connectivity index (χ0n) is 11.7. The first kappa shape index (κ1) is 14.6. The number of aryl methyl sites for hydroxylation is 1. The summed E-state index contributed by atoms with van der Waals surface area (Å²) in [6.45, 7) is 0.500. The number of benzene rings is 1. The van der Waals surface area contributed by atoms with Crippen LogP contribution in [-0.2, 0) is 17.6 Å². The largest absolute Gasteiger partial charge is 0.356 e. The highest BCUT2D eigenvalue weighted by Gasteiger charge is 2.07. The summed E-state index contributed by atoms with van der Waals surface area (Å²) in [5.41, 5.74) is 0.561. The molecule has 114 valence electrons. The van der Waals surface area contributed by atoms with E-state index in [-0.39, 0.29) is 18.1 Å². The summed E-state index contributed by atoms with van der Waals surface area (Å²) in [5, 5.41) is 15.6. The average Bonchev–Trinajstić information content (AvgIpc) is 3.07. The highest BCUT2D eigenvalue weighted by molar-refractivity contribution is 7.16. The number of nitrogens with zero attached hydrogens (tertiary/aromatic N) is 4. The summed E-state index contributed by atoms with van der Waals surface area (Å²) in [4.78, 5) is 12.5. The SMILES string of the molecule is O=C(CCc1ccccc1F)NCCc1nn2cnnc2s1. The maximum atomic E-state index is 13.4. The third kappa shape index (κ3) is 3.45. The van der Waals surface area contributed by atoms with Crippen molar-refractivity contribution in [3.05, 3.63) is 47.0 Å². The second kappa shape index (κ2) is 6.61. The first-order valence-corrected chi connectivity index (χ1v) is 7.70. The lowest BCUT2D eigenvalue weighted by Crippen LogP contribution is -2.26. The molecule has 8 heteroatoms. The zero-order chi connectivity index (χ0) is 15.4. The number of hydrogen-bond donors (Lipinski definition) is 1. The number of nitrogens with one attached hydrogen (secondary N) is 1. The molecular formula is C14H14FN5OS. The Morgan fingerprint density at radius 2 is 2.18 bits per heavy atom. The molecule has 0 aliphatic rings. The van der Waals surface area contributed by atoms with E-state index in [0.29, 0.717) is 24.9 Å². The van der Waals surface area contributed by atoms with E-state index < -0.39 is 0 Å². The minimum atomic E-state index is -0.268. The van der Waals surface area contributed by atoms with Crippen molar-refractivity contribution in [2.75, 3.05) is 6.54 Å². The molecule has 0 radical (unpaired) electrons. The molecule has 1 amide bonds. The fourth-order valence-corrected chi connectivity index (χ4v) is 2.86. The maximum absolute atomic E-state index is 13.4. The number of carbonyl (C=O) groups excluding carboxylic acids is 1. The van der Waals surface area contributed by atoms with Crippen LogP contribution in [0.3, 0.4) is 0 Å². The van der Waals surface area contributed by atoms with E-state index in [9.17, 15) is 9.18 Å². The number of aromatic nitrogens is 4. The fraction of sp³-hybridized carbons (Fsp3) is 0.286. The Hall–Kier alpha value is -2.35. The Kier molecular flexibility index (Phi) is 4.38. The van der Waals surface area contributed by atoms with Crippen LogP contribution in [0.4, 0.5) is 4.39 Å². The van der Waals surface area contributed by atoms with Crippen molar-refractivity contribution in [3.8, 4) is 0 Å². The summed E-state index contributed by atoms with van der Waals surface area (Å²) in [6, 6.07) is 6.51. The first-order valence-electron chi connectivity index (χ1n) is 6.88. The average molecular weight is 319 g/mol. The van der Waals surface area contributed by atoms with Gasteiger partial charge in [-0.25, -0.2) is 4.39 Å². The van der Waals surface area contributed by atoms with Gasteiger partial charge in [-0.3, -0.25) is 4.79 Å². The van der Waals surface area contributed by atoms with Crippen LogP contribution in [0.25, 0.3) is 4.96 Å². The Morgan fingerprint density at radius 3 is 3.00 bits per heavy atom. The molecule has 2 aromatic heterocycles. The molecule has 0 bridgehead atoms. The number of hydrogen-bond acceptors (Lipinski definition) is 5. The van der Waals surface area contributed by atoms with Crippen molar-refractivity contribution < 1.29 is 9.18 Å². The highest BCUT2D eigenvalue weighted by atomic mass is 32.1. The molecule has 22 heavy (non-hydrogen) atoms. The third-order valence-corrected chi connectivity index (χ3v) is 4.14. The van der Waals surface area contributed by atoms with Crippen LogP contribution in [0.15, 0.2) is 30.6 Å². The van der Waals surface area contributed by atoms with Crippen molar-refractivity contribution in [2.24, 2.45) is 0 Å². The van der Waals surface area contributed by atoms with Crippen molar-refractivity contribution in [1.82, 2.24) is 25.1 Å². The summed E-state index contributed by atoms with van der Waals surface area (Å²) in [7, 11) is 0. The Morgan fingerprint density at radius 1 is 1.32 bits per heavy atom.